The smallest absolute Gasteiger partial charge is 0.254 e. The van der Waals surface area contributed by atoms with Crippen LogP contribution in [0.2, 0.25) is 0 Å². The molecule has 2 amide bonds. The third-order valence-electron chi connectivity index (χ3n) is 3.84. The third kappa shape index (κ3) is 3.34. The number of hydrogen-bond acceptors (Lipinski definition) is 3. The zero-order valence-corrected chi connectivity index (χ0v) is 12.9. The maximum Gasteiger partial charge on any atom is 0.254 e. The van der Waals surface area contributed by atoms with Crippen LogP contribution >= 0.6 is 0 Å². The van der Waals surface area contributed by atoms with Gasteiger partial charge in [-0.15, -0.1) is 0 Å². The first kappa shape index (κ1) is 15.1. The molecule has 0 radical (unpaired) electrons. The number of benzene rings is 2. The Morgan fingerprint density at radius 2 is 1.74 bits per heavy atom. The summed E-state index contributed by atoms with van der Waals surface area (Å²) in [5.74, 6) is 1.15. The number of hydrogen-bond donors (Lipinski definition) is 1. The summed E-state index contributed by atoms with van der Waals surface area (Å²) < 4.78 is 5.71. The Balaban J connectivity index is 1.71. The summed E-state index contributed by atoms with van der Waals surface area (Å²) in [6, 6.07) is 16.0. The second-order valence-corrected chi connectivity index (χ2v) is 5.41. The minimum Gasteiger partial charge on any atom is -0.457 e. The van der Waals surface area contributed by atoms with E-state index in [1.807, 2.05) is 30.3 Å². The molecule has 3 rings (SSSR count). The summed E-state index contributed by atoms with van der Waals surface area (Å²) in [6.07, 6.45) is 0. The minimum atomic E-state index is -0.448. The average molecular weight is 310 g/mol. The molecule has 1 heterocycles. The fourth-order valence-corrected chi connectivity index (χ4v) is 2.52. The number of para-hydroxylation sites is 1. The van der Waals surface area contributed by atoms with E-state index in [1.165, 1.54) is 0 Å². The predicted octanol–water partition coefficient (Wildman–Crippen LogP) is 2.44. The Morgan fingerprint density at radius 1 is 1.09 bits per heavy atom. The highest BCUT2D eigenvalue weighted by atomic mass is 16.5. The van der Waals surface area contributed by atoms with Gasteiger partial charge >= 0.3 is 0 Å². The van der Waals surface area contributed by atoms with E-state index in [1.54, 1.807) is 36.1 Å². The van der Waals surface area contributed by atoms with Crippen LogP contribution in [0, 0.1) is 0 Å². The van der Waals surface area contributed by atoms with Crippen molar-refractivity contribution in [1.82, 2.24) is 10.2 Å². The highest BCUT2D eigenvalue weighted by Gasteiger charge is 2.29. The number of piperazine rings is 1. The lowest BCUT2D eigenvalue weighted by Gasteiger charge is -2.32. The van der Waals surface area contributed by atoms with Gasteiger partial charge in [-0.25, -0.2) is 0 Å². The second kappa shape index (κ2) is 6.52. The van der Waals surface area contributed by atoms with Gasteiger partial charge in [0.05, 0.1) is 0 Å². The van der Waals surface area contributed by atoms with Crippen LogP contribution in [0.25, 0.3) is 0 Å². The maximum absolute atomic E-state index is 12.5. The zero-order chi connectivity index (χ0) is 16.2. The van der Waals surface area contributed by atoms with Crippen LogP contribution in [-0.4, -0.2) is 35.8 Å². The van der Waals surface area contributed by atoms with Crippen molar-refractivity contribution in [1.29, 1.82) is 0 Å². The predicted molar refractivity (Wildman–Crippen MR) is 86.5 cm³/mol. The van der Waals surface area contributed by atoms with Gasteiger partial charge in [0, 0.05) is 18.7 Å². The van der Waals surface area contributed by atoms with Crippen molar-refractivity contribution in [2.45, 2.75) is 13.0 Å². The van der Waals surface area contributed by atoms with E-state index < -0.39 is 6.04 Å². The molecule has 0 bridgehead atoms. The van der Waals surface area contributed by atoms with Crippen molar-refractivity contribution >= 4 is 11.8 Å². The van der Waals surface area contributed by atoms with Crippen molar-refractivity contribution in [3.05, 3.63) is 60.2 Å². The molecule has 2 aromatic carbocycles. The summed E-state index contributed by atoms with van der Waals surface area (Å²) in [6.45, 7) is 2.75. The van der Waals surface area contributed by atoms with Gasteiger partial charge in [-0.05, 0) is 43.3 Å². The molecule has 1 aliphatic rings. The van der Waals surface area contributed by atoms with Crippen LogP contribution < -0.4 is 10.1 Å². The van der Waals surface area contributed by atoms with Crippen molar-refractivity contribution in [2.75, 3.05) is 13.1 Å². The summed E-state index contributed by atoms with van der Waals surface area (Å²) in [4.78, 5) is 25.8. The Hall–Kier alpha value is -2.82. The van der Waals surface area contributed by atoms with E-state index in [2.05, 4.69) is 5.32 Å². The van der Waals surface area contributed by atoms with E-state index in [0.717, 1.165) is 5.75 Å². The zero-order valence-electron chi connectivity index (χ0n) is 12.9. The lowest BCUT2D eigenvalue weighted by molar-refractivity contribution is -0.127. The van der Waals surface area contributed by atoms with Crippen molar-refractivity contribution in [3.63, 3.8) is 0 Å². The molecule has 1 fully saturated rings. The molecule has 0 spiro atoms. The highest BCUT2D eigenvalue weighted by Crippen LogP contribution is 2.22. The van der Waals surface area contributed by atoms with Crippen molar-refractivity contribution in [3.8, 4) is 11.5 Å². The average Bonchev–Trinajstić information content (AvgIpc) is 2.58. The van der Waals surface area contributed by atoms with Gasteiger partial charge in [0.1, 0.15) is 17.5 Å². The van der Waals surface area contributed by atoms with Gasteiger partial charge in [0.25, 0.3) is 5.91 Å². The molecule has 1 aliphatic heterocycles. The van der Waals surface area contributed by atoms with Crippen molar-refractivity contribution in [2.24, 2.45) is 0 Å². The van der Waals surface area contributed by atoms with E-state index in [-0.39, 0.29) is 11.8 Å². The standard InChI is InChI=1S/C18H18N2O3/c1-13-17(21)19-11-12-20(13)18(22)14-7-9-16(10-8-14)23-15-5-3-2-4-6-15/h2-10,13H,11-12H2,1H3,(H,19,21)/t13-/m1/s1. The molecule has 2 aromatic rings. The second-order valence-electron chi connectivity index (χ2n) is 5.41. The normalized spacial score (nSPS) is 17.5. The minimum absolute atomic E-state index is 0.117. The molecular formula is C18H18N2O3. The van der Waals surface area contributed by atoms with Gasteiger partial charge in [-0.2, -0.15) is 0 Å². The Labute approximate surface area is 134 Å². The van der Waals surface area contributed by atoms with E-state index >= 15 is 0 Å². The fraction of sp³-hybridized carbons (Fsp3) is 0.222. The lowest BCUT2D eigenvalue weighted by atomic mass is 10.1. The summed E-state index contributed by atoms with van der Waals surface area (Å²) in [7, 11) is 0. The van der Waals surface area contributed by atoms with Gasteiger partial charge in [0.2, 0.25) is 5.91 Å². The third-order valence-corrected chi connectivity index (χ3v) is 3.84. The number of carbonyl (C=O) groups excluding carboxylic acids is 2. The summed E-state index contributed by atoms with van der Waals surface area (Å²) in [5.41, 5.74) is 0.548. The molecule has 0 saturated carbocycles. The van der Waals surface area contributed by atoms with Gasteiger partial charge in [-0.1, -0.05) is 18.2 Å². The lowest BCUT2D eigenvalue weighted by Crippen LogP contribution is -2.55. The largest absolute Gasteiger partial charge is 0.457 e. The summed E-state index contributed by atoms with van der Waals surface area (Å²) >= 11 is 0. The van der Waals surface area contributed by atoms with Gasteiger partial charge in [0.15, 0.2) is 0 Å². The van der Waals surface area contributed by atoms with E-state index in [0.29, 0.717) is 24.4 Å². The molecule has 0 aliphatic carbocycles. The van der Waals surface area contributed by atoms with Crippen molar-refractivity contribution < 1.29 is 14.3 Å². The first-order valence-corrected chi connectivity index (χ1v) is 7.57. The van der Waals surface area contributed by atoms with Crippen LogP contribution in [0.3, 0.4) is 0 Å². The van der Waals surface area contributed by atoms with Gasteiger partial charge in [-0.3, -0.25) is 9.59 Å². The molecule has 1 N–H and O–H groups in total. The SMILES string of the molecule is C[C@@H]1C(=O)NCCN1C(=O)c1ccc(Oc2ccccc2)cc1. The first-order valence-electron chi connectivity index (χ1n) is 7.57. The number of rotatable bonds is 3. The number of amides is 2. The number of nitrogens with zero attached hydrogens (tertiary/aromatic N) is 1. The topological polar surface area (TPSA) is 58.6 Å². The van der Waals surface area contributed by atoms with Crippen LogP contribution in [0.1, 0.15) is 17.3 Å². The Bertz CT molecular complexity index is 698. The van der Waals surface area contributed by atoms with Crippen LogP contribution in [-0.2, 0) is 4.79 Å². The molecular weight excluding hydrogens is 292 g/mol. The Morgan fingerprint density at radius 3 is 2.43 bits per heavy atom. The Kier molecular flexibility index (Phi) is 4.28. The molecule has 118 valence electrons. The summed E-state index contributed by atoms with van der Waals surface area (Å²) in [5, 5.41) is 2.75. The first-order chi connectivity index (χ1) is 11.1. The van der Waals surface area contributed by atoms with E-state index in [4.69, 9.17) is 4.74 Å². The molecule has 23 heavy (non-hydrogen) atoms. The van der Waals surface area contributed by atoms with Crippen LogP contribution in [0.15, 0.2) is 54.6 Å². The number of ether oxygens (including phenoxy) is 1. The quantitative estimate of drug-likeness (QED) is 0.947. The number of nitrogens with one attached hydrogen (secondary N) is 1. The van der Waals surface area contributed by atoms with Gasteiger partial charge < -0.3 is 15.0 Å². The highest BCUT2D eigenvalue weighted by molar-refractivity contribution is 5.98. The molecule has 1 saturated heterocycles. The maximum atomic E-state index is 12.5. The molecule has 1 atom stereocenters. The molecule has 5 heteroatoms. The van der Waals surface area contributed by atoms with Crippen LogP contribution in [0.4, 0.5) is 0 Å². The fourth-order valence-electron chi connectivity index (χ4n) is 2.52. The number of carbonyl (C=O) groups is 2. The molecule has 5 nitrogen and oxygen atoms in total. The monoisotopic (exact) mass is 310 g/mol. The molecule has 0 unspecified atom stereocenters. The van der Waals surface area contributed by atoms with E-state index in [9.17, 15) is 9.59 Å². The molecule has 0 aromatic heterocycles. The van der Waals surface area contributed by atoms with Crippen LogP contribution in [0.5, 0.6) is 11.5 Å².